The number of nitrogens with zero attached hydrogens (tertiary/aromatic N) is 2. The minimum atomic E-state index is -0.776. The lowest BCUT2D eigenvalue weighted by Crippen LogP contribution is -2.47. The molecule has 0 radical (unpaired) electrons. The Morgan fingerprint density at radius 1 is 1.03 bits per heavy atom. The maximum Gasteiger partial charge on any atom is 0.408 e. The van der Waals surface area contributed by atoms with Crippen LogP contribution in [0.4, 0.5) is 10.5 Å². The number of benzene rings is 2. The van der Waals surface area contributed by atoms with E-state index in [1.165, 1.54) is 10.7 Å². The molecule has 0 aliphatic heterocycles. The van der Waals surface area contributed by atoms with E-state index in [1.807, 2.05) is 44.2 Å². The summed E-state index contributed by atoms with van der Waals surface area (Å²) in [4.78, 5) is 36.1. The molecule has 1 atom stereocenters. The number of anilines is 1. The van der Waals surface area contributed by atoms with Crippen molar-refractivity contribution in [2.24, 2.45) is 11.7 Å². The highest BCUT2D eigenvalue weighted by atomic mass is 16.5. The van der Waals surface area contributed by atoms with Gasteiger partial charge in [-0.25, -0.2) is 9.48 Å². The van der Waals surface area contributed by atoms with Crippen LogP contribution in [0.5, 0.6) is 0 Å². The van der Waals surface area contributed by atoms with Gasteiger partial charge in [-0.05, 0) is 41.8 Å². The van der Waals surface area contributed by atoms with Crippen molar-refractivity contribution in [3.8, 4) is 5.69 Å². The van der Waals surface area contributed by atoms with Gasteiger partial charge in [0.1, 0.15) is 18.3 Å². The second kappa shape index (κ2) is 10.3. The lowest BCUT2D eigenvalue weighted by atomic mass is 10.0. The van der Waals surface area contributed by atoms with E-state index in [4.69, 9.17) is 10.5 Å². The van der Waals surface area contributed by atoms with Crippen LogP contribution in [-0.2, 0) is 16.1 Å². The third kappa shape index (κ3) is 5.94. The third-order valence-electron chi connectivity index (χ3n) is 4.68. The molecule has 0 unspecified atom stereocenters. The summed E-state index contributed by atoms with van der Waals surface area (Å²) in [5.41, 5.74) is 7.47. The largest absolute Gasteiger partial charge is 0.445 e. The molecule has 3 rings (SSSR count). The summed E-state index contributed by atoms with van der Waals surface area (Å²) in [5, 5.41) is 9.51. The second-order valence-electron chi connectivity index (χ2n) is 7.47. The minimum absolute atomic E-state index is 0.117. The lowest BCUT2D eigenvalue weighted by molar-refractivity contribution is -0.119. The van der Waals surface area contributed by atoms with E-state index >= 15 is 0 Å². The summed E-state index contributed by atoms with van der Waals surface area (Å²) in [6.07, 6.45) is 0.954. The van der Waals surface area contributed by atoms with Crippen LogP contribution in [0.2, 0.25) is 0 Å². The molecule has 0 spiro atoms. The van der Waals surface area contributed by atoms with Crippen molar-refractivity contribution in [1.29, 1.82) is 0 Å². The highest BCUT2D eigenvalue weighted by Crippen LogP contribution is 2.15. The van der Waals surface area contributed by atoms with Crippen molar-refractivity contribution in [1.82, 2.24) is 15.1 Å². The molecule has 32 heavy (non-hydrogen) atoms. The summed E-state index contributed by atoms with van der Waals surface area (Å²) in [6.45, 7) is 3.78. The molecule has 0 aliphatic rings. The molecule has 166 valence electrons. The molecule has 0 saturated heterocycles. The molecule has 1 aromatic heterocycles. The molecule has 9 nitrogen and oxygen atoms in total. The lowest BCUT2D eigenvalue weighted by Gasteiger charge is -2.21. The van der Waals surface area contributed by atoms with Crippen LogP contribution in [0, 0.1) is 5.92 Å². The molecule has 0 aliphatic carbocycles. The molecule has 0 fully saturated rings. The van der Waals surface area contributed by atoms with Gasteiger partial charge in [-0.2, -0.15) is 5.10 Å². The number of rotatable bonds is 8. The maximum absolute atomic E-state index is 12.7. The summed E-state index contributed by atoms with van der Waals surface area (Å²) in [7, 11) is 0. The monoisotopic (exact) mass is 435 g/mol. The van der Waals surface area contributed by atoms with Gasteiger partial charge in [0.15, 0.2) is 0 Å². The van der Waals surface area contributed by atoms with Crippen molar-refractivity contribution in [3.05, 3.63) is 78.1 Å². The Balaban J connectivity index is 1.58. The zero-order valence-corrected chi connectivity index (χ0v) is 17.8. The van der Waals surface area contributed by atoms with E-state index in [0.29, 0.717) is 11.4 Å². The number of ether oxygens (including phenoxy) is 1. The molecule has 3 amide bonds. The number of amides is 3. The Morgan fingerprint density at radius 3 is 2.31 bits per heavy atom. The Hall–Kier alpha value is -4.14. The first-order chi connectivity index (χ1) is 15.3. The number of nitrogens with two attached hydrogens (primary N) is 1. The van der Waals surface area contributed by atoms with Crippen LogP contribution in [0.25, 0.3) is 5.69 Å². The van der Waals surface area contributed by atoms with Gasteiger partial charge in [-0.1, -0.05) is 44.2 Å². The summed E-state index contributed by atoms with van der Waals surface area (Å²) >= 11 is 0. The highest BCUT2D eigenvalue weighted by Gasteiger charge is 2.25. The first-order valence-corrected chi connectivity index (χ1v) is 10.1. The predicted octanol–water partition coefficient (Wildman–Crippen LogP) is 2.86. The number of hydrogen-bond donors (Lipinski definition) is 3. The third-order valence-corrected chi connectivity index (χ3v) is 4.68. The van der Waals surface area contributed by atoms with E-state index in [1.54, 1.807) is 30.5 Å². The zero-order chi connectivity index (χ0) is 23.1. The average molecular weight is 435 g/mol. The molecule has 1 heterocycles. The van der Waals surface area contributed by atoms with Gasteiger partial charge in [0.2, 0.25) is 5.91 Å². The molecule has 0 saturated carbocycles. The van der Waals surface area contributed by atoms with Gasteiger partial charge in [0, 0.05) is 11.9 Å². The predicted molar refractivity (Wildman–Crippen MR) is 119 cm³/mol. The Bertz CT molecular complexity index is 1080. The fourth-order valence-electron chi connectivity index (χ4n) is 2.94. The van der Waals surface area contributed by atoms with E-state index in [9.17, 15) is 14.4 Å². The summed E-state index contributed by atoms with van der Waals surface area (Å²) < 4.78 is 6.73. The molecular formula is C23H25N5O4. The van der Waals surface area contributed by atoms with Gasteiger partial charge in [-0.15, -0.1) is 0 Å². The van der Waals surface area contributed by atoms with E-state index < -0.39 is 18.0 Å². The van der Waals surface area contributed by atoms with Gasteiger partial charge >= 0.3 is 6.09 Å². The Morgan fingerprint density at radius 2 is 1.72 bits per heavy atom. The molecule has 2 aromatic carbocycles. The first-order valence-electron chi connectivity index (χ1n) is 10.1. The number of alkyl carbamates (subject to hydrolysis) is 1. The van der Waals surface area contributed by atoms with Crippen LogP contribution in [0.15, 0.2) is 66.9 Å². The topological polar surface area (TPSA) is 128 Å². The fourth-order valence-corrected chi connectivity index (χ4v) is 2.94. The van der Waals surface area contributed by atoms with E-state index in [2.05, 4.69) is 15.7 Å². The highest BCUT2D eigenvalue weighted by molar-refractivity contribution is 5.96. The van der Waals surface area contributed by atoms with Gasteiger partial charge in [-0.3, -0.25) is 9.59 Å². The Kier molecular flexibility index (Phi) is 7.22. The van der Waals surface area contributed by atoms with Crippen LogP contribution < -0.4 is 16.4 Å². The van der Waals surface area contributed by atoms with Crippen LogP contribution in [0.1, 0.15) is 29.9 Å². The van der Waals surface area contributed by atoms with Crippen LogP contribution in [-0.4, -0.2) is 33.7 Å². The van der Waals surface area contributed by atoms with E-state index in [-0.39, 0.29) is 24.1 Å². The molecule has 9 heteroatoms. The fraction of sp³-hybridized carbons (Fsp3) is 0.217. The average Bonchev–Trinajstić information content (AvgIpc) is 3.28. The summed E-state index contributed by atoms with van der Waals surface area (Å²) in [5.74, 6) is -1.13. The van der Waals surface area contributed by atoms with Crippen molar-refractivity contribution in [3.63, 3.8) is 0 Å². The number of aromatic nitrogens is 2. The normalized spacial score (nSPS) is 11.6. The van der Waals surface area contributed by atoms with E-state index in [0.717, 1.165) is 5.56 Å². The number of hydrogen-bond acceptors (Lipinski definition) is 5. The van der Waals surface area contributed by atoms with Crippen LogP contribution in [0.3, 0.4) is 0 Å². The molecule has 4 N–H and O–H groups in total. The molecular weight excluding hydrogens is 410 g/mol. The van der Waals surface area contributed by atoms with Gasteiger partial charge < -0.3 is 21.1 Å². The standard InChI is InChI=1S/C23H25N5O4/c1-15(2)20(26-23(31)32-14-16-6-4-3-5-7-16)22(30)25-17-8-10-18(11-9-17)28-13-12-19(27-28)21(24)29/h3-13,15,20H,14H2,1-2H3,(H2,24,29)(H,25,30)(H,26,31)/t20-/m0/s1. The second-order valence-corrected chi connectivity index (χ2v) is 7.47. The van der Waals surface area contributed by atoms with Crippen molar-refractivity contribution >= 4 is 23.6 Å². The first kappa shape index (κ1) is 22.5. The molecule has 0 bridgehead atoms. The number of carbonyl (C=O) groups excluding carboxylic acids is 3. The molecule has 3 aromatic rings. The maximum atomic E-state index is 12.7. The minimum Gasteiger partial charge on any atom is -0.445 e. The number of carbonyl (C=O) groups is 3. The SMILES string of the molecule is CC(C)[C@H](NC(=O)OCc1ccccc1)C(=O)Nc1ccc(-n2ccc(C(N)=O)n2)cc1. The number of primary amides is 1. The summed E-state index contributed by atoms with van der Waals surface area (Å²) in [6, 6.07) is 16.9. The zero-order valence-electron chi connectivity index (χ0n) is 17.8. The van der Waals surface area contributed by atoms with Crippen molar-refractivity contribution < 1.29 is 19.1 Å². The van der Waals surface area contributed by atoms with Gasteiger partial charge in [0.05, 0.1) is 5.69 Å². The van der Waals surface area contributed by atoms with Crippen molar-refractivity contribution in [2.75, 3.05) is 5.32 Å². The smallest absolute Gasteiger partial charge is 0.408 e. The Labute approximate surface area is 185 Å². The van der Waals surface area contributed by atoms with Gasteiger partial charge in [0.25, 0.3) is 5.91 Å². The van der Waals surface area contributed by atoms with Crippen molar-refractivity contribution in [2.45, 2.75) is 26.5 Å². The number of nitrogens with one attached hydrogen (secondary N) is 2. The quantitative estimate of drug-likeness (QED) is 0.501. The van der Waals surface area contributed by atoms with Crippen LogP contribution >= 0.6 is 0 Å².